The van der Waals surface area contributed by atoms with Gasteiger partial charge in [-0.3, -0.25) is 0 Å². The van der Waals surface area contributed by atoms with Crippen LogP contribution in [0.3, 0.4) is 0 Å². The van der Waals surface area contributed by atoms with E-state index in [-0.39, 0.29) is 0 Å². The Morgan fingerprint density at radius 1 is 1.24 bits per heavy atom. The molecule has 0 radical (unpaired) electrons. The molecule has 1 aliphatic carbocycles. The summed E-state index contributed by atoms with van der Waals surface area (Å²) in [5.41, 5.74) is 0.865. The quantitative estimate of drug-likeness (QED) is 0.381. The maximum atomic E-state index is 5.44. The van der Waals surface area contributed by atoms with Crippen LogP contribution >= 0.6 is 23.1 Å². The Kier molecular flexibility index (Phi) is 5.07. The van der Waals surface area contributed by atoms with E-state index in [9.17, 15) is 0 Å². The largest absolute Gasteiger partial charge is 0.497 e. The van der Waals surface area contributed by atoms with E-state index in [1.54, 1.807) is 30.2 Å². The van der Waals surface area contributed by atoms with Crippen LogP contribution in [0.5, 0.6) is 5.75 Å². The SMILES string of the molecule is COc1cccc(-c2noc(CSc3nnc(Cc4cccs4)n3C3CC3)n2)c1. The van der Waals surface area contributed by atoms with Gasteiger partial charge in [0.05, 0.1) is 12.9 Å². The zero-order valence-electron chi connectivity index (χ0n) is 15.8. The van der Waals surface area contributed by atoms with Gasteiger partial charge in [-0.2, -0.15) is 4.98 Å². The van der Waals surface area contributed by atoms with Crippen LogP contribution in [-0.4, -0.2) is 32.0 Å². The van der Waals surface area contributed by atoms with Crippen LogP contribution in [-0.2, 0) is 12.2 Å². The minimum Gasteiger partial charge on any atom is -0.497 e. The highest BCUT2D eigenvalue weighted by atomic mass is 32.2. The standard InChI is InChI=1S/C20H19N5O2S2/c1-26-15-5-2-4-13(10-15)19-21-18(27-24-19)12-29-20-23-22-17(25(20)14-7-8-14)11-16-6-3-9-28-16/h2-6,9-10,14H,7-8,11-12H2,1H3. The Balaban J connectivity index is 1.30. The summed E-state index contributed by atoms with van der Waals surface area (Å²) in [5.74, 6) is 3.47. The summed E-state index contributed by atoms with van der Waals surface area (Å²) in [6.07, 6.45) is 3.19. The maximum absolute atomic E-state index is 5.44. The molecule has 0 aliphatic heterocycles. The highest BCUT2D eigenvalue weighted by Crippen LogP contribution is 2.39. The predicted octanol–water partition coefficient (Wildman–Crippen LogP) is 4.62. The zero-order chi connectivity index (χ0) is 19.6. The first kappa shape index (κ1) is 18.4. The minimum atomic E-state index is 0.512. The molecule has 3 heterocycles. The molecule has 7 nitrogen and oxygen atoms in total. The Hall–Kier alpha value is -2.65. The summed E-state index contributed by atoms with van der Waals surface area (Å²) in [7, 11) is 1.64. The van der Waals surface area contributed by atoms with E-state index in [1.165, 1.54) is 17.7 Å². The van der Waals surface area contributed by atoms with Crippen molar-refractivity contribution in [1.82, 2.24) is 24.9 Å². The molecule has 3 aromatic heterocycles. The van der Waals surface area contributed by atoms with E-state index in [0.29, 0.717) is 23.5 Å². The molecule has 1 aliphatic rings. The molecule has 1 aromatic carbocycles. The summed E-state index contributed by atoms with van der Waals surface area (Å²) in [5, 5.41) is 16.0. The van der Waals surface area contributed by atoms with Crippen molar-refractivity contribution in [1.29, 1.82) is 0 Å². The van der Waals surface area contributed by atoms with Gasteiger partial charge in [0.1, 0.15) is 11.6 Å². The number of benzene rings is 1. The third kappa shape index (κ3) is 4.06. The summed E-state index contributed by atoms with van der Waals surface area (Å²) in [6.45, 7) is 0. The van der Waals surface area contributed by atoms with Crippen molar-refractivity contribution in [3.63, 3.8) is 0 Å². The van der Waals surface area contributed by atoms with E-state index in [4.69, 9.17) is 9.26 Å². The molecule has 29 heavy (non-hydrogen) atoms. The van der Waals surface area contributed by atoms with Gasteiger partial charge in [0.25, 0.3) is 0 Å². The van der Waals surface area contributed by atoms with Crippen molar-refractivity contribution < 1.29 is 9.26 Å². The zero-order valence-corrected chi connectivity index (χ0v) is 17.4. The second kappa shape index (κ2) is 8.00. The molecule has 4 aromatic rings. The minimum absolute atomic E-state index is 0.512. The lowest BCUT2D eigenvalue weighted by Gasteiger charge is -2.07. The van der Waals surface area contributed by atoms with Crippen molar-refractivity contribution in [3.05, 3.63) is 58.4 Å². The number of thioether (sulfide) groups is 1. The van der Waals surface area contributed by atoms with Gasteiger partial charge < -0.3 is 13.8 Å². The second-order valence-electron chi connectivity index (χ2n) is 6.79. The number of nitrogens with zero attached hydrogens (tertiary/aromatic N) is 5. The third-order valence-electron chi connectivity index (χ3n) is 4.68. The molecule has 1 fully saturated rings. The van der Waals surface area contributed by atoms with Crippen LogP contribution in [0.25, 0.3) is 11.4 Å². The smallest absolute Gasteiger partial charge is 0.237 e. The van der Waals surface area contributed by atoms with Crippen molar-refractivity contribution >= 4 is 23.1 Å². The first-order valence-corrected chi connectivity index (χ1v) is 11.2. The van der Waals surface area contributed by atoms with Gasteiger partial charge in [0.2, 0.25) is 11.7 Å². The molecule has 0 saturated heterocycles. The summed E-state index contributed by atoms with van der Waals surface area (Å²) < 4.78 is 13.0. The lowest BCUT2D eigenvalue weighted by Crippen LogP contribution is -2.03. The van der Waals surface area contributed by atoms with Crippen molar-refractivity contribution in [3.8, 4) is 17.1 Å². The molecule has 9 heteroatoms. The van der Waals surface area contributed by atoms with Gasteiger partial charge in [-0.25, -0.2) is 0 Å². The topological polar surface area (TPSA) is 78.9 Å². The van der Waals surface area contributed by atoms with Crippen molar-refractivity contribution in [2.45, 2.75) is 36.2 Å². The fourth-order valence-electron chi connectivity index (χ4n) is 3.11. The van der Waals surface area contributed by atoms with E-state index in [1.807, 2.05) is 24.3 Å². The van der Waals surface area contributed by atoms with E-state index in [2.05, 4.69) is 42.4 Å². The fourth-order valence-corrected chi connectivity index (χ4v) is 4.68. The van der Waals surface area contributed by atoms with Crippen molar-refractivity contribution in [2.24, 2.45) is 0 Å². The molecule has 0 amide bonds. The molecule has 0 spiro atoms. The van der Waals surface area contributed by atoms with Crippen LogP contribution < -0.4 is 4.74 Å². The van der Waals surface area contributed by atoms with Crippen LogP contribution in [0.15, 0.2) is 51.5 Å². The Labute approximate surface area is 176 Å². The van der Waals surface area contributed by atoms with Crippen LogP contribution in [0.1, 0.15) is 35.5 Å². The second-order valence-corrected chi connectivity index (χ2v) is 8.76. The number of ether oxygens (including phenoxy) is 1. The molecule has 0 atom stereocenters. The van der Waals surface area contributed by atoms with Gasteiger partial charge in [0.15, 0.2) is 5.16 Å². The fraction of sp³-hybridized carbons (Fsp3) is 0.300. The monoisotopic (exact) mass is 425 g/mol. The first-order chi connectivity index (χ1) is 14.3. The van der Waals surface area contributed by atoms with Gasteiger partial charge in [-0.05, 0) is 36.4 Å². The van der Waals surface area contributed by atoms with Crippen LogP contribution in [0, 0.1) is 0 Å². The number of thiophene rings is 1. The number of aromatic nitrogens is 5. The van der Waals surface area contributed by atoms with Gasteiger partial charge in [-0.15, -0.1) is 21.5 Å². The Bertz CT molecular complexity index is 1100. The Morgan fingerprint density at radius 2 is 2.17 bits per heavy atom. The maximum Gasteiger partial charge on any atom is 0.237 e. The average Bonchev–Trinajstić information content (AvgIpc) is 3.13. The third-order valence-corrected chi connectivity index (χ3v) is 6.48. The Morgan fingerprint density at radius 3 is 2.97 bits per heavy atom. The van der Waals surface area contributed by atoms with E-state index >= 15 is 0 Å². The summed E-state index contributed by atoms with van der Waals surface area (Å²) in [6, 6.07) is 12.3. The first-order valence-electron chi connectivity index (χ1n) is 9.36. The highest BCUT2D eigenvalue weighted by Gasteiger charge is 2.30. The predicted molar refractivity (Wildman–Crippen MR) is 111 cm³/mol. The van der Waals surface area contributed by atoms with Gasteiger partial charge in [0, 0.05) is 22.9 Å². The number of hydrogen-bond donors (Lipinski definition) is 0. The average molecular weight is 426 g/mol. The van der Waals surface area contributed by atoms with Gasteiger partial charge >= 0.3 is 0 Å². The lowest BCUT2D eigenvalue weighted by molar-refractivity contribution is 0.391. The number of hydrogen-bond acceptors (Lipinski definition) is 8. The number of methoxy groups -OCH3 is 1. The summed E-state index contributed by atoms with van der Waals surface area (Å²) in [4.78, 5) is 5.82. The van der Waals surface area contributed by atoms with Gasteiger partial charge in [-0.1, -0.05) is 35.1 Å². The lowest BCUT2D eigenvalue weighted by atomic mass is 10.2. The normalized spacial score (nSPS) is 13.7. The molecule has 0 N–H and O–H groups in total. The van der Waals surface area contributed by atoms with Crippen LogP contribution in [0.4, 0.5) is 0 Å². The molecular weight excluding hydrogens is 406 g/mol. The van der Waals surface area contributed by atoms with E-state index in [0.717, 1.165) is 28.7 Å². The van der Waals surface area contributed by atoms with E-state index < -0.39 is 0 Å². The molecule has 148 valence electrons. The molecule has 0 bridgehead atoms. The molecule has 1 saturated carbocycles. The summed E-state index contributed by atoms with van der Waals surface area (Å²) >= 11 is 3.34. The molecule has 0 unspecified atom stereocenters. The van der Waals surface area contributed by atoms with Crippen LogP contribution in [0.2, 0.25) is 0 Å². The molecular formula is C20H19N5O2S2. The van der Waals surface area contributed by atoms with Crippen molar-refractivity contribution in [2.75, 3.05) is 7.11 Å². The molecule has 5 rings (SSSR count). The number of rotatable bonds is 8. The highest BCUT2D eigenvalue weighted by molar-refractivity contribution is 7.98.